The van der Waals surface area contributed by atoms with Crippen molar-refractivity contribution >= 4 is 45.9 Å². The van der Waals surface area contributed by atoms with Crippen LogP contribution >= 0.6 is 23.4 Å². The van der Waals surface area contributed by atoms with E-state index in [0.717, 1.165) is 45.4 Å². The van der Waals surface area contributed by atoms with Crippen LogP contribution in [0.1, 0.15) is 18.1 Å². The van der Waals surface area contributed by atoms with Crippen LogP contribution in [-0.4, -0.2) is 31.4 Å². The Morgan fingerprint density at radius 3 is 2.66 bits per heavy atom. The number of nitrogens with one attached hydrogen (secondary N) is 2. The zero-order valence-electron chi connectivity index (χ0n) is 19.4. The number of para-hydroxylation sites is 2. The summed E-state index contributed by atoms with van der Waals surface area (Å²) in [7, 11) is 0. The molecule has 5 rings (SSSR count). The Balaban J connectivity index is 1.47. The molecule has 1 amide bonds. The highest BCUT2D eigenvalue weighted by molar-refractivity contribution is 7.99. The molecule has 0 radical (unpaired) electrons. The molecule has 5 aromatic rings. The van der Waals surface area contributed by atoms with Gasteiger partial charge in [-0.05, 0) is 54.8 Å². The van der Waals surface area contributed by atoms with Crippen LogP contribution in [-0.2, 0) is 11.2 Å². The molecule has 0 saturated carbocycles. The highest BCUT2D eigenvalue weighted by atomic mass is 35.5. The van der Waals surface area contributed by atoms with Crippen molar-refractivity contribution in [3.05, 3.63) is 89.1 Å². The Morgan fingerprint density at radius 2 is 1.86 bits per heavy atom. The van der Waals surface area contributed by atoms with Gasteiger partial charge in [-0.15, -0.1) is 10.2 Å². The lowest BCUT2D eigenvalue weighted by atomic mass is 10.1. The molecular formula is C27H24ClN5OS. The summed E-state index contributed by atoms with van der Waals surface area (Å²) in [5.74, 6) is 0.815. The van der Waals surface area contributed by atoms with Crippen molar-refractivity contribution in [3.63, 3.8) is 0 Å². The zero-order chi connectivity index (χ0) is 24.4. The fourth-order valence-electron chi connectivity index (χ4n) is 4.12. The molecule has 3 aromatic carbocycles. The molecule has 6 nitrogen and oxygen atoms in total. The highest BCUT2D eigenvalue weighted by Crippen LogP contribution is 2.33. The lowest BCUT2D eigenvalue weighted by molar-refractivity contribution is -0.113. The summed E-state index contributed by atoms with van der Waals surface area (Å²) >= 11 is 7.49. The molecule has 0 saturated heterocycles. The van der Waals surface area contributed by atoms with Crippen molar-refractivity contribution in [2.24, 2.45) is 0 Å². The van der Waals surface area contributed by atoms with Gasteiger partial charge < -0.3 is 10.3 Å². The van der Waals surface area contributed by atoms with Crippen LogP contribution < -0.4 is 5.32 Å². The largest absolute Gasteiger partial charge is 0.360 e. The van der Waals surface area contributed by atoms with Gasteiger partial charge >= 0.3 is 0 Å². The monoisotopic (exact) mass is 501 g/mol. The number of hydrogen-bond donors (Lipinski definition) is 2. The Hall–Kier alpha value is -3.55. The standard InChI is InChI=1S/C27H24ClN5OS/c1-3-18-8-6-7-17(2)25(18)30-24(34)16-35-27-32-31-26(33(27)20-13-11-19(28)12-14-20)22-15-29-23-10-5-4-9-21(22)23/h4-15,29H,3,16H2,1-2H3,(H,30,34). The predicted molar refractivity (Wildman–Crippen MR) is 144 cm³/mol. The van der Waals surface area contributed by atoms with Crippen molar-refractivity contribution in [1.29, 1.82) is 0 Å². The van der Waals surface area contributed by atoms with E-state index >= 15 is 0 Å². The van der Waals surface area contributed by atoms with Crippen LogP contribution in [0.5, 0.6) is 0 Å². The molecule has 35 heavy (non-hydrogen) atoms. The maximum atomic E-state index is 12.9. The molecule has 0 aliphatic carbocycles. The number of hydrogen-bond acceptors (Lipinski definition) is 4. The second-order valence-electron chi connectivity index (χ2n) is 8.17. The van der Waals surface area contributed by atoms with E-state index in [2.05, 4.69) is 33.5 Å². The number of thioether (sulfide) groups is 1. The molecule has 2 N–H and O–H groups in total. The summed E-state index contributed by atoms with van der Waals surface area (Å²) in [4.78, 5) is 16.2. The van der Waals surface area contributed by atoms with E-state index < -0.39 is 0 Å². The first-order valence-corrected chi connectivity index (χ1v) is 12.7. The van der Waals surface area contributed by atoms with Crippen molar-refractivity contribution in [2.75, 3.05) is 11.1 Å². The van der Waals surface area contributed by atoms with E-state index in [-0.39, 0.29) is 11.7 Å². The fourth-order valence-corrected chi connectivity index (χ4v) is 5.00. The number of benzene rings is 3. The summed E-state index contributed by atoms with van der Waals surface area (Å²) in [6.45, 7) is 4.09. The summed E-state index contributed by atoms with van der Waals surface area (Å²) in [6.07, 6.45) is 2.79. The Labute approximate surface area is 212 Å². The Morgan fingerprint density at radius 1 is 1.06 bits per heavy atom. The lowest BCUT2D eigenvalue weighted by Gasteiger charge is -2.13. The number of amides is 1. The molecule has 2 aromatic heterocycles. The van der Waals surface area contributed by atoms with Crippen LogP contribution in [0, 0.1) is 6.92 Å². The van der Waals surface area contributed by atoms with Gasteiger partial charge in [-0.2, -0.15) is 0 Å². The number of anilines is 1. The molecule has 0 aliphatic rings. The number of aromatic amines is 1. The molecule has 176 valence electrons. The molecule has 2 heterocycles. The number of fused-ring (bicyclic) bond motifs is 1. The third kappa shape index (κ3) is 4.70. The topological polar surface area (TPSA) is 75.6 Å². The van der Waals surface area contributed by atoms with Crippen LogP contribution in [0.4, 0.5) is 5.69 Å². The van der Waals surface area contributed by atoms with Crippen LogP contribution in [0.25, 0.3) is 28.0 Å². The maximum absolute atomic E-state index is 12.9. The molecule has 0 aliphatic heterocycles. The van der Waals surface area contributed by atoms with Crippen LogP contribution in [0.3, 0.4) is 0 Å². The van der Waals surface area contributed by atoms with E-state index in [9.17, 15) is 4.79 Å². The maximum Gasteiger partial charge on any atom is 0.234 e. The molecule has 0 fully saturated rings. The number of halogens is 1. The third-order valence-electron chi connectivity index (χ3n) is 5.89. The first-order valence-electron chi connectivity index (χ1n) is 11.3. The number of aromatic nitrogens is 4. The Bertz CT molecular complexity index is 1510. The van der Waals surface area contributed by atoms with Crippen molar-refractivity contribution in [1.82, 2.24) is 19.7 Å². The van der Waals surface area contributed by atoms with Crippen molar-refractivity contribution in [3.8, 4) is 17.1 Å². The Kier molecular flexibility index (Phi) is 6.61. The van der Waals surface area contributed by atoms with Gasteiger partial charge in [0.2, 0.25) is 5.91 Å². The number of H-pyrrole nitrogens is 1. The van der Waals surface area contributed by atoms with Crippen LogP contribution in [0.2, 0.25) is 5.02 Å². The molecule has 0 spiro atoms. The first kappa shape index (κ1) is 23.2. The van der Waals surface area contributed by atoms with Gasteiger partial charge in [0.1, 0.15) is 0 Å². The smallest absolute Gasteiger partial charge is 0.234 e. The lowest BCUT2D eigenvalue weighted by Crippen LogP contribution is -2.16. The van der Waals surface area contributed by atoms with Gasteiger partial charge in [-0.1, -0.05) is 66.7 Å². The minimum absolute atomic E-state index is 0.0849. The summed E-state index contributed by atoms with van der Waals surface area (Å²) in [5.41, 5.74) is 5.88. The third-order valence-corrected chi connectivity index (χ3v) is 7.07. The van der Waals surface area contributed by atoms with Gasteiger partial charge in [0.15, 0.2) is 11.0 Å². The second-order valence-corrected chi connectivity index (χ2v) is 9.54. The summed E-state index contributed by atoms with van der Waals surface area (Å²) in [6, 6.07) is 21.6. The predicted octanol–water partition coefficient (Wildman–Crippen LogP) is 6.67. The average molecular weight is 502 g/mol. The molecular weight excluding hydrogens is 478 g/mol. The average Bonchev–Trinajstić information content (AvgIpc) is 3.48. The minimum atomic E-state index is -0.0849. The second kappa shape index (κ2) is 9.98. The molecule has 8 heteroatoms. The van der Waals surface area contributed by atoms with Crippen LogP contribution in [0.15, 0.2) is 78.1 Å². The number of carbonyl (C=O) groups excluding carboxylic acids is 1. The summed E-state index contributed by atoms with van der Waals surface area (Å²) < 4.78 is 1.97. The van der Waals surface area contributed by atoms with Gasteiger partial charge in [-0.3, -0.25) is 9.36 Å². The van der Waals surface area contributed by atoms with Gasteiger partial charge in [0.25, 0.3) is 0 Å². The highest BCUT2D eigenvalue weighted by Gasteiger charge is 2.20. The van der Waals surface area contributed by atoms with E-state index in [0.29, 0.717) is 16.0 Å². The zero-order valence-corrected chi connectivity index (χ0v) is 21.0. The molecule has 0 unspecified atom stereocenters. The van der Waals surface area contributed by atoms with Crippen molar-refractivity contribution < 1.29 is 4.79 Å². The SMILES string of the molecule is CCc1cccc(C)c1NC(=O)CSc1nnc(-c2c[nH]c3ccccc23)n1-c1ccc(Cl)cc1. The van der Waals surface area contributed by atoms with Gasteiger partial charge in [0.05, 0.1) is 5.75 Å². The minimum Gasteiger partial charge on any atom is -0.360 e. The van der Waals surface area contributed by atoms with Gasteiger partial charge in [-0.25, -0.2) is 0 Å². The number of nitrogens with zero attached hydrogens (tertiary/aromatic N) is 3. The van der Waals surface area contributed by atoms with Gasteiger partial charge in [0, 0.05) is 39.1 Å². The van der Waals surface area contributed by atoms with E-state index in [1.54, 1.807) is 0 Å². The number of rotatable bonds is 7. The summed E-state index contributed by atoms with van der Waals surface area (Å²) in [5, 5.41) is 14.4. The van der Waals surface area contributed by atoms with Crippen molar-refractivity contribution in [2.45, 2.75) is 25.4 Å². The molecule has 0 atom stereocenters. The first-order chi connectivity index (χ1) is 17.0. The normalized spacial score (nSPS) is 11.2. The van der Waals surface area contributed by atoms with E-state index in [1.807, 2.05) is 78.4 Å². The molecule has 0 bridgehead atoms. The van der Waals surface area contributed by atoms with E-state index in [1.165, 1.54) is 11.8 Å². The quantitative estimate of drug-likeness (QED) is 0.244. The number of aryl methyl sites for hydroxylation is 2. The fraction of sp³-hybridized carbons (Fsp3) is 0.148. The number of carbonyl (C=O) groups is 1. The van der Waals surface area contributed by atoms with E-state index in [4.69, 9.17) is 11.6 Å².